The number of pyridine rings is 1. The fourth-order valence-electron chi connectivity index (χ4n) is 4.16. The van der Waals surface area contributed by atoms with Crippen LogP contribution in [0.25, 0.3) is 16.7 Å². The van der Waals surface area contributed by atoms with E-state index in [0.29, 0.717) is 12.0 Å². The molecule has 1 aliphatic heterocycles. The van der Waals surface area contributed by atoms with Gasteiger partial charge in [-0.1, -0.05) is 13.8 Å². The van der Waals surface area contributed by atoms with E-state index in [9.17, 15) is 4.79 Å². The molecule has 32 heavy (non-hydrogen) atoms. The van der Waals surface area contributed by atoms with Crippen molar-refractivity contribution in [3.63, 3.8) is 0 Å². The molecule has 1 saturated heterocycles. The smallest absolute Gasteiger partial charge is 0.226 e. The Morgan fingerprint density at radius 3 is 2.56 bits per heavy atom. The summed E-state index contributed by atoms with van der Waals surface area (Å²) in [6.07, 6.45) is 6.20. The number of rotatable bonds is 7. The first kappa shape index (κ1) is 22.3. The Morgan fingerprint density at radius 1 is 1.12 bits per heavy atom. The Bertz CT molecular complexity index is 1050. The molecule has 4 rings (SSSR count). The lowest BCUT2D eigenvalue weighted by Crippen LogP contribution is -2.39. The van der Waals surface area contributed by atoms with E-state index < -0.39 is 0 Å². The first-order valence-electron chi connectivity index (χ1n) is 11.7. The second-order valence-electron chi connectivity index (χ2n) is 9.34. The lowest BCUT2D eigenvalue weighted by Gasteiger charge is -2.34. The lowest BCUT2D eigenvalue weighted by molar-refractivity contribution is -0.118. The molecule has 3 aromatic rings. The average molecular weight is 435 g/mol. The number of hydrogen-bond donors (Lipinski definition) is 1. The number of likely N-dealkylation sites (tertiary alicyclic amines) is 1. The van der Waals surface area contributed by atoms with Gasteiger partial charge in [0.1, 0.15) is 11.6 Å². The van der Waals surface area contributed by atoms with Gasteiger partial charge in [-0.25, -0.2) is 4.98 Å². The number of hydrogen-bond acceptors (Lipinski definition) is 4. The fraction of sp³-hybridized carbons (Fsp3) is 0.462. The van der Waals surface area contributed by atoms with Crippen LogP contribution in [0.3, 0.4) is 0 Å². The van der Waals surface area contributed by atoms with Crippen molar-refractivity contribution in [2.45, 2.75) is 46.6 Å². The molecule has 3 heterocycles. The number of nitrogens with zero attached hydrogens (tertiary/aromatic N) is 3. The van der Waals surface area contributed by atoms with Crippen LogP contribution < -0.4 is 10.1 Å². The third-order valence-electron chi connectivity index (χ3n) is 6.31. The van der Waals surface area contributed by atoms with Gasteiger partial charge in [0.25, 0.3) is 0 Å². The standard InChI is InChI=1S/C26H34N4O2/c1-18(2)26(31)28-22-5-7-24-21(15-22)11-14-30(24)25-8-6-23(16-27-25)32-17-20-9-12-29(13-10-20)19(3)4/h5-8,11,14-16,18-20H,9-10,12-13,17H2,1-4H3,(H,28,31). The number of ether oxygens (including phenoxy) is 1. The van der Waals surface area contributed by atoms with Crippen molar-refractivity contribution in [1.29, 1.82) is 0 Å². The second-order valence-corrected chi connectivity index (χ2v) is 9.34. The van der Waals surface area contributed by atoms with Gasteiger partial charge in [0, 0.05) is 29.2 Å². The monoisotopic (exact) mass is 434 g/mol. The van der Waals surface area contributed by atoms with Crippen molar-refractivity contribution in [2.75, 3.05) is 25.0 Å². The zero-order chi connectivity index (χ0) is 22.7. The largest absolute Gasteiger partial charge is 0.492 e. The summed E-state index contributed by atoms with van der Waals surface area (Å²) >= 11 is 0. The molecular weight excluding hydrogens is 400 g/mol. The van der Waals surface area contributed by atoms with Gasteiger partial charge in [-0.3, -0.25) is 4.79 Å². The normalized spacial score (nSPS) is 15.6. The van der Waals surface area contributed by atoms with Gasteiger partial charge in [0.15, 0.2) is 0 Å². The van der Waals surface area contributed by atoms with E-state index in [-0.39, 0.29) is 11.8 Å². The molecule has 0 radical (unpaired) electrons. The first-order chi connectivity index (χ1) is 15.4. The van der Waals surface area contributed by atoms with E-state index in [1.54, 1.807) is 0 Å². The summed E-state index contributed by atoms with van der Waals surface area (Å²) in [5, 5.41) is 4.01. The minimum Gasteiger partial charge on any atom is -0.492 e. The van der Waals surface area contributed by atoms with Crippen molar-refractivity contribution in [2.24, 2.45) is 11.8 Å². The Balaban J connectivity index is 1.38. The quantitative estimate of drug-likeness (QED) is 0.561. The zero-order valence-electron chi connectivity index (χ0n) is 19.5. The Morgan fingerprint density at radius 2 is 1.91 bits per heavy atom. The van der Waals surface area contributed by atoms with Crippen LogP contribution in [0.1, 0.15) is 40.5 Å². The molecule has 0 spiro atoms. The number of carbonyl (C=O) groups is 1. The number of benzene rings is 1. The number of piperidine rings is 1. The maximum Gasteiger partial charge on any atom is 0.226 e. The molecule has 1 amide bonds. The van der Waals surface area contributed by atoms with Gasteiger partial charge < -0.3 is 19.5 Å². The molecule has 0 atom stereocenters. The van der Waals surface area contributed by atoms with Crippen LogP contribution in [0, 0.1) is 11.8 Å². The lowest BCUT2D eigenvalue weighted by atomic mass is 9.97. The molecule has 0 unspecified atom stereocenters. The van der Waals surface area contributed by atoms with Crippen LogP contribution in [-0.4, -0.2) is 46.1 Å². The predicted molar refractivity (Wildman–Crippen MR) is 129 cm³/mol. The van der Waals surface area contributed by atoms with Gasteiger partial charge in [0.05, 0.1) is 18.3 Å². The van der Waals surface area contributed by atoms with Crippen molar-refractivity contribution >= 4 is 22.5 Å². The van der Waals surface area contributed by atoms with Gasteiger partial charge in [-0.15, -0.1) is 0 Å². The number of fused-ring (bicyclic) bond motifs is 1. The number of anilines is 1. The number of carbonyl (C=O) groups excluding carboxylic acids is 1. The maximum atomic E-state index is 12.0. The van der Waals surface area contributed by atoms with Gasteiger partial charge in [0.2, 0.25) is 5.91 Å². The van der Waals surface area contributed by atoms with Crippen molar-refractivity contribution in [3.05, 3.63) is 48.8 Å². The first-order valence-corrected chi connectivity index (χ1v) is 11.7. The molecule has 0 aliphatic carbocycles. The van der Waals surface area contributed by atoms with Gasteiger partial charge in [-0.2, -0.15) is 0 Å². The van der Waals surface area contributed by atoms with Crippen LogP contribution in [0.2, 0.25) is 0 Å². The molecule has 2 aromatic heterocycles. The van der Waals surface area contributed by atoms with E-state index in [1.807, 2.05) is 62.6 Å². The van der Waals surface area contributed by atoms with Crippen LogP contribution in [-0.2, 0) is 4.79 Å². The molecular formula is C26H34N4O2. The Kier molecular flexibility index (Phi) is 6.80. The van der Waals surface area contributed by atoms with E-state index in [0.717, 1.165) is 47.9 Å². The molecule has 0 saturated carbocycles. The number of aromatic nitrogens is 2. The Hall–Kier alpha value is -2.86. The number of amides is 1. The minimum atomic E-state index is -0.0481. The van der Waals surface area contributed by atoms with Crippen LogP contribution in [0.4, 0.5) is 5.69 Å². The summed E-state index contributed by atoms with van der Waals surface area (Å²) in [4.78, 5) is 19.1. The molecule has 0 bridgehead atoms. The third-order valence-corrected chi connectivity index (χ3v) is 6.31. The van der Waals surface area contributed by atoms with E-state index in [4.69, 9.17) is 4.74 Å². The van der Waals surface area contributed by atoms with Crippen molar-refractivity contribution in [3.8, 4) is 11.6 Å². The molecule has 6 nitrogen and oxygen atoms in total. The van der Waals surface area contributed by atoms with Crippen LogP contribution >= 0.6 is 0 Å². The van der Waals surface area contributed by atoms with Crippen LogP contribution in [0.15, 0.2) is 48.8 Å². The molecule has 1 aromatic carbocycles. The summed E-state index contributed by atoms with van der Waals surface area (Å²) in [6, 6.07) is 12.6. The molecule has 170 valence electrons. The highest BCUT2D eigenvalue weighted by atomic mass is 16.5. The summed E-state index contributed by atoms with van der Waals surface area (Å²) in [7, 11) is 0. The zero-order valence-corrected chi connectivity index (χ0v) is 19.5. The highest BCUT2D eigenvalue weighted by molar-refractivity contribution is 5.95. The molecule has 1 aliphatic rings. The van der Waals surface area contributed by atoms with E-state index in [1.165, 1.54) is 12.8 Å². The summed E-state index contributed by atoms with van der Waals surface area (Å²) < 4.78 is 8.09. The second kappa shape index (κ2) is 9.74. The molecule has 1 fully saturated rings. The highest BCUT2D eigenvalue weighted by Gasteiger charge is 2.21. The maximum absolute atomic E-state index is 12.0. The molecule has 1 N–H and O–H groups in total. The summed E-state index contributed by atoms with van der Waals surface area (Å²) in [5.41, 5.74) is 1.86. The van der Waals surface area contributed by atoms with Crippen LogP contribution in [0.5, 0.6) is 5.75 Å². The van der Waals surface area contributed by atoms with Crippen molar-refractivity contribution < 1.29 is 9.53 Å². The SMILES string of the molecule is CC(C)C(=O)Nc1ccc2c(ccn2-c2ccc(OCC3CCN(C(C)C)CC3)cn2)c1. The van der Waals surface area contributed by atoms with E-state index >= 15 is 0 Å². The summed E-state index contributed by atoms with van der Waals surface area (Å²) in [5.74, 6) is 2.25. The number of nitrogens with one attached hydrogen (secondary N) is 1. The van der Waals surface area contributed by atoms with Gasteiger partial charge in [-0.05, 0) is 82.1 Å². The minimum absolute atomic E-state index is 0.0199. The van der Waals surface area contributed by atoms with Crippen molar-refractivity contribution in [1.82, 2.24) is 14.5 Å². The topological polar surface area (TPSA) is 59.4 Å². The average Bonchev–Trinajstić information content (AvgIpc) is 3.21. The van der Waals surface area contributed by atoms with Gasteiger partial charge >= 0.3 is 0 Å². The predicted octanol–water partition coefficient (Wildman–Crippen LogP) is 5.12. The molecule has 6 heteroatoms. The Labute approximate surface area is 190 Å². The van der Waals surface area contributed by atoms with E-state index in [2.05, 4.69) is 33.6 Å². The highest BCUT2D eigenvalue weighted by Crippen LogP contribution is 2.25. The third kappa shape index (κ3) is 5.13. The summed E-state index contributed by atoms with van der Waals surface area (Å²) in [6.45, 7) is 11.4. The fourth-order valence-corrected chi connectivity index (χ4v) is 4.16.